The van der Waals surface area contributed by atoms with Crippen molar-refractivity contribution in [2.75, 3.05) is 0 Å². The van der Waals surface area contributed by atoms with E-state index in [2.05, 4.69) is 13.0 Å². The van der Waals surface area contributed by atoms with E-state index in [0.29, 0.717) is 18.8 Å². The van der Waals surface area contributed by atoms with Crippen molar-refractivity contribution in [2.45, 2.75) is 83.7 Å². The second-order valence-corrected chi connectivity index (χ2v) is 8.42. The standard InChI is InChI=1S/C20H30O5/c1-11-6-5-7-12(2)15-8-9-20(4,25-15)18(22)17-16(14(21)10-11)13(3)19(23)24-17/h6,12-13,15-18,22H,5,7-10H2,1-4H3/b11-6+/t12-,13+,15+,16-,17-,18+,20+/m0/s1. The largest absolute Gasteiger partial charge is 0.458 e. The first-order valence-corrected chi connectivity index (χ1v) is 9.47. The molecule has 2 fully saturated rings. The van der Waals surface area contributed by atoms with Gasteiger partial charge in [0.2, 0.25) is 0 Å². The van der Waals surface area contributed by atoms with Crippen molar-refractivity contribution in [1.82, 2.24) is 0 Å². The summed E-state index contributed by atoms with van der Waals surface area (Å²) in [5, 5.41) is 11.0. The predicted octanol–water partition coefficient (Wildman–Crippen LogP) is 2.80. The number of aliphatic hydroxyl groups excluding tert-OH is 1. The molecule has 0 spiro atoms. The minimum atomic E-state index is -0.988. The third kappa shape index (κ3) is 3.41. The van der Waals surface area contributed by atoms with Crippen molar-refractivity contribution in [3.05, 3.63) is 11.6 Å². The fraction of sp³-hybridized carbons (Fsp3) is 0.800. The maximum Gasteiger partial charge on any atom is 0.309 e. The first kappa shape index (κ1) is 18.6. The number of hydrogen-bond acceptors (Lipinski definition) is 5. The van der Waals surface area contributed by atoms with Gasteiger partial charge in [0.25, 0.3) is 0 Å². The maximum atomic E-state index is 12.9. The lowest BCUT2D eigenvalue weighted by Crippen LogP contribution is -2.51. The van der Waals surface area contributed by atoms with Crippen LogP contribution in [-0.4, -0.2) is 40.8 Å². The molecule has 3 aliphatic rings. The molecule has 140 valence electrons. The van der Waals surface area contributed by atoms with Gasteiger partial charge in [-0.05, 0) is 45.4 Å². The lowest BCUT2D eigenvalue weighted by atomic mass is 9.79. The van der Waals surface area contributed by atoms with Crippen molar-refractivity contribution in [3.63, 3.8) is 0 Å². The molecular formula is C20H30O5. The van der Waals surface area contributed by atoms with E-state index < -0.39 is 35.6 Å². The summed E-state index contributed by atoms with van der Waals surface area (Å²) in [6.45, 7) is 7.74. The molecule has 3 aliphatic heterocycles. The minimum Gasteiger partial charge on any atom is -0.458 e. The minimum absolute atomic E-state index is 0.0263. The number of ether oxygens (including phenoxy) is 2. The molecule has 3 rings (SSSR count). The number of carbonyl (C=O) groups excluding carboxylic acids is 2. The first-order valence-electron chi connectivity index (χ1n) is 9.47. The smallest absolute Gasteiger partial charge is 0.309 e. The predicted molar refractivity (Wildman–Crippen MR) is 92.8 cm³/mol. The van der Waals surface area contributed by atoms with Gasteiger partial charge in [-0.3, -0.25) is 9.59 Å². The molecule has 5 heteroatoms. The highest BCUT2D eigenvalue weighted by Gasteiger charge is 2.55. The van der Waals surface area contributed by atoms with Gasteiger partial charge in [0.05, 0.1) is 23.5 Å². The van der Waals surface area contributed by atoms with Crippen LogP contribution in [0.2, 0.25) is 0 Å². The molecule has 0 unspecified atom stereocenters. The third-order valence-corrected chi connectivity index (χ3v) is 6.37. The summed E-state index contributed by atoms with van der Waals surface area (Å²) in [5.74, 6) is -1.17. The second kappa shape index (κ2) is 6.84. The van der Waals surface area contributed by atoms with Crippen LogP contribution in [0.4, 0.5) is 0 Å². The van der Waals surface area contributed by atoms with Crippen LogP contribution in [0.1, 0.15) is 59.8 Å². The van der Waals surface area contributed by atoms with E-state index in [-0.39, 0.29) is 11.9 Å². The molecule has 1 N–H and O–H groups in total. The van der Waals surface area contributed by atoms with Crippen molar-refractivity contribution < 1.29 is 24.2 Å². The fourth-order valence-electron chi connectivity index (χ4n) is 4.57. The summed E-state index contributed by atoms with van der Waals surface area (Å²) in [6, 6.07) is 0. The van der Waals surface area contributed by atoms with Crippen LogP contribution in [0.25, 0.3) is 0 Å². The number of allylic oxidation sites excluding steroid dienone is 2. The normalized spacial score (nSPS) is 47.8. The second-order valence-electron chi connectivity index (χ2n) is 8.42. The first-order chi connectivity index (χ1) is 11.7. The van der Waals surface area contributed by atoms with E-state index in [0.717, 1.165) is 24.8 Å². The van der Waals surface area contributed by atoms with Crippen LogP contribution in [0, 0.1) is 17.8 Å². The van der Waals surface area contributed by atoms with Crippen LogP contribution >= 0.6 is 0 Å². The number of hydrogen-bond donors (Lipinski definition) is 1. The molecule has 0 aromatic heterocycles. The maximum absolute atomic E-state index is 12.9. The highest BCUT2D eigenvalue weighted by Crippen LogP contribution is 2.43. The number of Topliss-reactive ketones (excluding diaryl/α,β-unsaturated/α-hetero) is 1. The monoisotopic (exact) mass is 350 g/mol. The number of carbonyl (C=O) groups is 2. The van der Waals surface area contributed by atoms with Crippen LogP contribution in [0.5, 0.6) is 0 Å². The van der Waals surface area contributed by atoms with Gasteiger partial charge in [0.15, 0.2) is 0 Å². The lowest BCUT2D eigenvalue weighted by Gasteiger charge is -2.36. The van der Waals surface area contributed by atoms with Crippen LogP contribution in [0.3, 0.4) is 0 Å². The topological polar surface area (TPSA) is 72.8 Å². The Morgan fingerprint density at radius 1 is 1.24 bits per heavy atom. The van der Waals surface area contributed by atoms with E-state index in [1.165, 1.54) is 0 Å². The molecule has 2 bridgehead atoms. The van der Waals surface area contributed by atoms with E-state index in [1.807, 2.05) is 13.8 Å². The summed E-state index contributed by atoms with van der Waals surface area (Å²) in [6.07, 6.45) is 4.23. The number of aliphatic hydroxyl groups is 1. The lowest BCUT2D eigenvalue weighted by molar-refractivity contribution is -0.171. The van der Waals surface area contributed by atoms with Crippen molar-refractivity contribution in [1.29, 1.82) is 0 Å². The molecule has 25 heavy (non-hydrogen) atoms. The Kier molecular flexibility index (Phi) is 5.09. The molecule has 2 saturated heterocycles. The summed E-state index contributed by atoms with van der Waals surface area (Å²) in [7, 11) is 0. The van der Waals surface area contributed by atoms with Gasteiger partial charge in [-0.25, -0.2) is 0 Å². The Morgan fingerprint density at radius 2 is 1.96 bits per heavy atom. The van der Waals surface area contributed by atoms with Gasteiger partial charge in [-0.2, -0.15) is 0 Å². The molecule has 0 saturated carbocycles. The zero-order valence-electron chi connectivity index (χ0n) is 15.7. The fourth-order valence-corrected chi connectivity index (χ4v) is 4.57. The van der Waals surface area contributed by atoms with E-state index in [1.54, 1.807) is 6.92 Å². The molecule has 0 aromatic carbocycles. The molecule has 0 aromatic rings. The van der Waals surface area contributed by atoms with E-state index in [9.17, 15) is 14.7 Å². The van der Waals surface area contributed by atoms with Crippen LogP contribution in [0.15, 0.2) is 11.6 Å². The van der Waals surface area contributed by atoms with Crippen molar-refractivity contribution in [3.8, 4) is 0 Å². The zero-order valence-corrected chi connectivity index (χ0v) is 15.7. The quantitative estimate of drug-likeness (QED) is 0.537. The average molecular weight is 350 g/mol. The number of esters is 1. The summed E-state index contributed by atoms with van der Waals surface area (Å²) < 4.78 is 11.7. The van der Waals surface area contributed by atoms with Crippen molar-refractivity contribution in [2.24, 2.45) is 17.8 Å². The van der Waals surface area contributed by atoms with Crippen LogP contribution < -0.4 is 0 Å². The van der Waals surface area contributed by atoms with Gasteiger partial charge >= 0.3 is 5.97 Å². The highest BCUT2D eigenvalue weighted by molar-refractivity contribution is 5.91. The number of fused-ring (bicyclic) bond motifs is 3. The average Bonchev–Trinajstić information content (AvgIpc) is 3.08. The van der Waals surface area contributed by atoms with Gasteiger partial charge in [-0.15, -0.1) is 0 Å². The van der Waals surface area contributed by atoms with Gasteiger partial charge in [-0.1, -0.05) is 25.5 Å². The Morgan fingerprint density at radius 3 is 2.68 bits per heavy atom. The summed E-state index contributed by atoms with van der Waals surface area (Å²) in [4.78, 5) is 25.0. The zero-order chi connectivity index (χ0) is 18.4. The third-order valence-electron chi connectivity index (χ3n) is 6.37. The molecule has 0 aliphatic carbocycles. The summed E-state index contributed by atoms with van der Waals surface area (Å²) in [5.41, 5.74) is 0.247. The van der Waals surface area contributed by atoms with Gasteiger partial charge in [0, 0.05) is 6.42 Å². The highest BCUT2D eigenvalue weighted by atomic mass is 16.6. The number of ketones is 1. The molecule has 7 atom stereocenters. The van der Waals surface area contributed by atoms with E-state index in [4.69, 9.17) is 9.47 Å². The number of rotatable bonds is 0. The molecule has 0 amide bonds. The van der Waals surface area contributed by atoms with E-state index >= 15 is 0 Å². The molecule has 5 nitrogen and oxygen atoms in total. The SMILES string of the molecule is C/C1=C\CC[C@H](C)[C@H]2CC[C@@](C)(O2)[C@H](O)[C@H]2OC(=O)[C@H](C)[C@H]2C(=O)C1. The van der Waals surface area contributed by atoms with Crippen LogP contribution in [-0.2, 0) is 19.1 Å². The molecule has 3 heterocycles. The van der Waals surface area contributed by atoms with Gasteiger partial charge in [0.1, 0.15) is 18.0 Å². The Balaban J connectivity index is 1.95. The molecular weight excluding hydrogens is 320 g/mol. The molecule has 0 radical (unpaired) electrons. The van der Waals surface area contributed by atoms with Gasteiger partial charge < -0.3 is 14.6 Å². The Labute approximate surface area is 149 Å². The van der Waals surface area contributed by atoms with Crippen molar-refractivity contribution >= 4 is 11.8 Å². The summed E-state index contributed by atoms with van der Waals surface area (Å²) >= 11 is 0. The Bertz CT molecular complexity index is 583. The Hall–Kier alpha value is -1.20.